The molecule has 2 N–H and O–H groups in total. The van der Waals surface area contributed by atoms with E-state index < -0.39 is 49.4 Å². The fourth-order valence-electron chi connectivity index (χ4n) is 3.21. The molecule has 0 spiro atoms. The van der Waals surface area contributed by atoms with Gasteiger partial charge in [-0.25, -0.2) is 0 Å². The summed E-state index contributed by atoms with van der Waals surface area (Å²) in [6.07, 6.45) is 0. The minimum absolute atomic E-state index is 0. The van der Waals surface area contributed by atoms with Crippen molar-refractivity contribution in [1.29, 1.82) is 0 Å². The Hall–Kier alpha value is 5.74. The molecule has 256 valence electrons. The van der Waals surface area contributed by atoms with Gasteiger partial charge in [0.25, 0.3) is 0 Å². The van der Waals surface area contributed by atoms with Gasteiger partial charge in [0.2, 0.25) is 0 Å². The van der Waals surface area contributed by atoms with Crippen LogP contribution in [0, 0.1) is 0 Å². The zero-order valence-corrected chi connectivity index (χ0v) is 55.2. The first-order chi connectivity index (χ1) is 17.3. The zero-order valence-electron chi connectivity index (χ0n) is 36.0. The van der Waals surface area contributed by atoms with E-state index in [1.54, 1.807) is 0 Å². The first kappa shape index (κ1) is 74.8. The van der Waals surface area contributed by atoms with Crippen LogP contribution in [-0.4, -0.2) is 161 Å². The average molecular weight is 1120 g/mol. The summed E-state index contributed by atoms with van der Waals surface area (Å²) in [4.78, 5) is 0. The third-order valence-corrected chi connectivity index (χ3v) is 19.3. The predicted octanol–water partition coefficient (Wildman–Crippen LogP) is 4.97. The van der Waals surface area contributed by atoms with Gasteiger partial charge < -0.3 is 29.8 Å². The van der Waals surface area contributed by atoms with Crippen molar-refractivity contribution >= 4 is 141 Å². The summed E-state index contributed by atoms with van der Waals surface area (Å²) in [6, 6.07) is 0. The molecule has 0 unspecified atom stereocenters. The molecule has 0 rings (SSSR count). The van der Waals surface area contributed by atoms with Gasteiger partial charge in [0, 0.05) is 0 Å². The van der Waals surface area contributed by atoms with E-state index in [0.717, 1.165) is 0 Å². The maximum atomic E-state index is 5.05. The van der Waals surface area contributed by atoms with E-state index in [1.165, 1.54) is 0 Å². The van der Waals surface area contributed by atoms with Crippen LogP contribution in [0.1, 0.15) is 0 Å². The van der Waals surface area contributed by atoms with Gasteiger partial charge in [-0.3, -0.25) is 0 Å². The molecule has 0 aliphatic heterocycles. The molecule has 18 heteroatoms. The summed E-state index contributed by atoms with van der Waals surface area (Å²) in [5.74, 6) is 0. The monoisotopic (exact) mass is 1120 g/mol. The van der Waals surface area contributed by atoms with Crippen molar-refractivity contribution in [2.24, 2.45) is 0 Å². The van der Waals surface area contributed by atoms with E-state index in [2.05, 4.69) is 164 Å². The molecular weight excluding hydrogens is 1040 g/mol. The number of nitrogens with zero attached hydrogens (tertiary/aromatic N) is 4. The third-order valence-electron chi connectivity index (χ3n) is 3.34. The van der Waals surface area contributed by atoms with Crippen LogP contribution in [0.4, 0.5) is 0 Å². The second-order valence-corrected chi connectivity index (χ2v) is 58.4. The minimum atomic E-state index is -1.32. The van der Waals surface area contributed by atoms with E-state index in [4.69, 9.17) is 10.2 Å². The molecule has 0 heterocycles. The Bertz CT molecular complexity index is 482. The van der Waals surface area contributed by atoms with Crippen molar-refractivity contribution in [3.8, 4) is 0 Å². The maximum Gasteiger partial charge on any atom is 1.00 e. The summed E-state index contributed by atoms with van der Waals surface area (Å²) < 4.78 is 23.6. The molecule has 0 aliphatic carbocycles. The van der Waals surface area contributed by atoms with Crippen molar-refractivity contribution in [3.05, 3.63) is 10.2 Å². The van der Waals surface area contributed by atoms with Crippen LogP contribution in [0.5, 0.6) is 0 Å². The molecule has 0 aromatic carbocycles. The molecule has 0 atom stereocenters. The van der Waals surface area contributed by atoms with Gasteiger partial charge >= 0.3 is 167 Å². The van der Waals surface area contributed by atoms with Gasteiger partial charge in [-0.2, -0.15) is 0 Å². The SMILES string of the molecule is C[Si](C)(C)[N-]N([Si](C)(C)C)[Si](C)(C)C.C[Si](C)(C)[N-]N([Si](C)(C)C)[Si](C)(C)C.[CH3][In][CH3].[CH3][In][CH3].[CH3][In][CH3].[CH3][In][CH3].[Li+].[Li+].[OH-].[OH-]. The fourth-order valence-corrected chi connectivity index (χ4v) is 28.9. The Balaban J connectivity index is -0.0000000451. The topological polar surface area (TPSA) is 94.7 Å². The number of rotatable bonds is 8. The molecule has 0 fully saturated rings. The molecular formula is C26H80In4Li2N4O2Si6-2. The summed E-state index contributed by atoms with van der Waals surface area (Å²) in [7, 11) is -7.71. The van der Waals surface area contributed by atoms with Crippen LogP contribution in [0.25, 0.3) is 10.2 Å². The van der Waals surface area contributed by atoms with Crippen LogP contribution in [0.3, 0.4) is 0 Å². The summed E-state index contributed by atoms with van der Waals surface area (Å²) in [5.41, 5.74) is 0. The Morgan fingerprint density at radius 3 is 0.432 bits per heavy atom. The Morgan fingerprint density at radius 2 is 0.409 bits per heavy atom. The van der Waals surface area contributed by atoms with Crippen molar-refractivity contribution in [2.45, 2.75) is 155 Å². The average Bonchev–Trinajstić information content (AvgIpc) is 2.63. The molecule has 6 nitrogen and oxygen atoms in total. The third kappa shape index (κ3) is 66.0. The Kier molecular flexibility index (Phi) is 65.4. The van der Waals surface area contributed by atoms with Crippen LogP contribution in [-0.2, 0) is 0 Å². The van der Waals surface area contributed by atoms with Crippen molar-refractivity contribution < 1.29 is 48.7 Å². The van der Waals surface area contributed by atoms with Crippen LogP contribution < -0.4 is 37.7 Å². The molecule has 0 bridgehead atoms. The smallest absolute Gasteiger partial charge is 0.870 e. The number of hydrogen-bond acceptors (Lipinski definition) is 4. The molecule has 44 heavy (non-hydrogen) atoms. The fraction of sp³-hybridized carbons (Fsp3) is 1.00. The minimum Gasteiger partial charge on any atom is -0.870 e. The van der Waals surface area contributed by atoms with E-state index in [1.807, 2.05) is 0 Å². The van der Waals surface area contributed by atoms with Crippen molar-refractivity contribution in [3.63, 3.8) is 0 Å². The van der Waals surface area contributed by atoms with Crippen LogP contribution in [0.2, 0.25) is 155 Å². The van der Waals surface area contributed by atoms with E-state index >= 15 is 0 Å². The van der Waals surface area contributed by atoms with Crippen molar-refractivity contribution in [1.82, 2.24) is 8.68 Å². The van der Waals surface area contributed by atoms with Gasteiger partial charge in [0.1, 0.15) is 0 Å². The van der Waals surface area contributed by atoms with Crippen LogP contribution >= 0.6 is 0 Å². The number of hydrogen-bond donors (Lipinski definition) is 0. The molecule has 0 aromatic rings. The predicted molar refractivity (Wildman–Crippen MR) is 224 cm³/mol. The van der Waals surface area contributed by atoms with E-state index in [0.29, 0.717) is 0 Å². The normalized spacial score (nSPS) is 10.8. The molecule has 0 saturated heterocycles. The van der Waals surface area contributed by atoms with Gasteiger partial charge in [-0.05, 0) is 0 Å². The van der Waals surface area contributed by atoms with Gasteiger partial charge in [0.15, 0.2) is 0 Å². The maximum absolute atomic E-state index is 5.05. The van der Waals surface area contributed by atoms with Crippen LogP contribution in [0.15, 0.2) is 0 Å². The Labute approximate surface area is 358 Å². The second kappa shape index (κ2) is 38.5. The summed E-state index contributed by atoms with van der Waals surface area (Å²) >= 11 is 0.440. The summed E-state index contributed by atoms with van der Waals surface area (Å²) in [5, 5.41) is 10.1. The quantitative estimate of drug-likeness (QED) is 0.254. The van der Waals surface area contributed by atoms with Gasteiger partial charge in [-0.1, -0.05) is 134 Å². The zero-order chi connectivity index (χ0) is 34.4. The largest absolute Gasteiger partial charge is 1.00 e. The molecule has 0 aromatic heterocycles. The van der Waals surface area contributed by atoms with Crippen molar-refractivity contribution in [2.75, 3.05) is 0 Å². The first-order valence-electron chi connectivity index (χ1n) is 15.4. The van der Waals surface area contributed by atoms with Gasteiger partial charge in [0.05, 0.1) is 32.9 Å². The molecule has 0 aliphatic rings. The Morgan fingerprint density at radius 1 is 0.318 bits per heavy atom. The first-order valence-corrected chi connectivity index (χ1v) is 62.4. The standard InChI is InChI=1S/2C9H27N2Si3.8CH3.4In.2Li.2H2O/c2*1-12(2,3)10-11(13(4,5)6)14(7,8)9;;;;;;;;;;;;;;;;/h2*1-9H3;8*1H3;;;;;;;2*1H2/q2*-1;;;;;;;;;;;;;2*+1;;/p-2. The van der Waals surface area contributed by atoms with E-state index in [9.17, 15) is 0 Å². The van der Waals surface area contributed by atoms with E-state index in [-0.39, 0.29) is 140 Å². The summed E-state index contributed by atoms with van der Waals surface area (Å²) in [6.45, 7) is 42.7. The van der Waals surface area contributed by atoms with Gasteiger partial charge in [-0.15, -0.1) is 0 Å². The molecule has 0 saturated carbocycles. The molecule has 4 radical (unpaired) electrons. The second-order valence-electron chi connectivity index (χ2n) is 16.2. The molecule has 0 amide bonds.